The van der Waals surface area contributed by atoms with E-state index in [0.717, 1.165) is 44.5 Å². The second kappa shape index (κ2) is 9.90. The van der Waals surface area contributed by atoms with Crippen molar-refractivity contribution in [2.45, 2.75) is 38.5 Å². The Kier molecular flexibility index (Phi) is 7.05. The van der Waals surface area contributed by atoms with Crippen LogP contribution in [-0.2, 0) is 5.60 Å². The van der Waals surface area contributed by atoms with Crippen molar-refractivity contribution in [2.24, 2.45) is 0 Å². The van der Waals surface area contributed by atoms with Gasteiger partial charge in [-0.3, -0.25) is 4.79 Å². The van der Waals surface area contributed by atoms with Gasteiger partial charge in [0.25, 0.3) is 5.91 Å². The molecule has 1 saturated heterocycles. The van der Waals surface area contributed by atoms with Crippen molar-refractivity contribution < 1.29 is 23.1 Å². The Balaban J connectivity index is 1.59. The van der Waals surface area contributed by atoms with Crippen LogP contribution in [0, 0.1) is 0 Å². The minimum absolute atomic E-state index is 0.168. The second-order valence-electron chi connectivity index (χ2n) is 9.31. The first-order valence-corrected chi connectivity index (χ1v) is 11.7. The van der Waals surface area contributed by atoms with Gasteiger partial charge in [-0.15, -0.1) is 0 Å². The monoisotopic (exact) mass is 502 g/mol. The van der Waals surface area contributed by atoms with Crippen molar-refractivity contribution in [3.05, 3.63) is 65.7 Å². The van der Waals surface area contributed by atoms with Crippen LogP contribution >= 0.6 is 0 Å². The van der Waals surface area contributed by atoms with Crippen LogP contribution in [0.1, 0.15) is 48.6 Å². The average molecular weight is 503 g/mol. The highest BCUT2D eigenvalue weighted by atomic mass is 19.4. The predicted octanol–water partition coefficient (Wildman–Crippen LogP) is 3.82. The molecular weight excluding hydrogens is 473 g/mol. The summed E-state index contributed by atoms with van der Waals surface area (Å²) in [5.74, 6) is -2.52. The molecule has 8 nitrogen and oxygen atoms in total. The van der Waals surface area contributed by atoms with Crippen LogP contribution in [0.2, 0.25) is 0 Å². The molecule has 1 atom stereocenters. The Bertz CT molecular complexity index is 1210. The van der Waals surface area contributed by atoms with Crippen LogP contribution in [0.4, 0.5) is 24.5 Å². The highest BCUT2D eigenvalue weighted by Gasteiger charge is 2.38. The van der Waals surface area contributed by atoms with Crippen LogP contribution in [0.25, 0.3) is 5.69 Å². The SMILES string of the molecule is CC(c1cccc(C(=O)Nc2cn(-c3ccc(N4CCNCC4)cc3)nc2C(C)(C)O)n1)C(F)(F)F. The lowest BCUT2D eigenvalue weighted by Crippen LogP contribution is -2.43. The molecule has 0 spiro atoms. The van der Waals surface area contributed by atoms with Gasteiger partial charge in [-0.05, 0) is 57.2 Å². The van der Waals surface area contributed by atoms with E-state index in [1.807, 2.05) is 24.3 Å². The third-order valence-corrected chi connectivity index (χ3v) is 6.08. The first kappa shape index (κ1) is 25.6. The van der Waals surface area contributed by atoms with E-state index in [1.54, 1.807) is 10.9 Å². The lowest BCUT2D eigenvalue weighted by molar-refractivity contribution is -0.147. The summed E-state index contributed by atoms with van der Waals surface area (Å²) >= 11 is 0. The summed E-state index contributed by atoms with van der Waals surface area (Å²) in [6.45, 7) is 7.74. The fourth-order valence-corrected chi connectivity index (χ4v) is 3.96. The number of benzene rings is 1. The molecule has 36 heavy (non-hydrogen) atoms. The van der Waals surface area contributed by atoms with E-state index in [0.29, 0.717) is 0 Å². The number of anilines is 2. The van der Waals surface area contributed by atoms with Crippen LogP contribution in [0.15, 0.2) is 48.7 Å². The first-order chi connectivity index (χ1) is 16.9. The molecule has 4 rings (SSSR count). The molecule has 0 radical (unpaired) electrons. The number of nitrogens with one attached hydrogen (secondary N) is 2. The highest BCUT2D eigenvalue weighted by Crippen LogP contribution is 2.33. The normalized spacial score (nSPS) is 15.6. The van der Waals surface area contributed by atoms with Gasteiger partial charge in [-0.1, -0.05) is 6.07 Å². The van der Waals surface area contributed by atoms with Gasteiger partial charge in [0, 0.05) is 31.9 Å². The minimum atomic E-state index is -4.47. The molecule has 3 aromatic rings. The molecule has 3 N–H and O–H groups in total. The fraction of sp³-hybridized carbons (Fsp3) is 0.400. The molecule has 3 heterocycles. The Hall–Kier alpha value is -3.44. The van der Waals surface area contributed by atoms with Gasteiger partial charge in [0.1, 0.15) is 17.0 Å². The highest BCUT2D eigenvalue weighted by molar-refractivity contribution is 6.03. The number of nitrogens with zero attached hydrogens (tertiary/aromatic N) is 4. The van der Waals surface area contributed by atoms with E-state index in [2.05, 4.69) is 25.6 Å². The number of carbonyl (C=O) groups excluding carboxylic acids is 1. The van der Waals surface area contributed by atoms with Gasteiger partial charge in [0.2, 0.25) is 0 Å². The molecule has 1 aromatic carbocycles. The molecule has 192 valence electrons. The fourth-order valence-electron chi connectivity index (χ4n) is 3.96. The number of amides is 1. The molecule has 1 unspecified atom stereocenters. The van der Waals surface area contributed by atoms with Crippen molar-refractivity contribution in [3.8, 4) is 5.69 Å². The van der Waals surface area contributed by atoms with Crippen LogP contribution in [0.5, 0.6) is 0 Å². The van der Waals surface area contributed by atoms with Crippen molar-refractivity contribution in [2.75, 3.05) is 36.4 Å². The molecule has 11 heteroatoms. The number of hydrogen-bond donors (Lipinski definition) is 3. The summed E-state index contributed by atoms with van der Waals surface area (Å²) in [5, 5.41) is 21.1. The summed E-state index contributed by atoms with van der Waals surface area (Å²) < 4.78 is 40.9. The Morgan fingerprint density at radius 2 is 1.72 bits per heavy atom. The number of piperazine rings is 1. The third-order valence-electron chi connectivity index (χ3n) is 6.08. The average Bonchev–Trinajstić information content (AvgIpc) is 3.28. The number of pyridine rings is 1. The minimum Gasteiger partial charge on any atom is -0.384 e. The molecule has 0 aliphatic carbocycles. The molecule has 1 aliphatic rings. The first-order valence-electron chi connectivity index (χ1n) is 11.7. The molecule has 1 aliphatic heterocycles. The van der Waals surface area contributed by atoms with E-state index in [9.17, 15) is 23.1 Å². The van der Waals surface area contributed by atoms with Gasteiger partial charge >= 0.3 is 6.18 Å². The summed E-state index contributed by atoms with van der Waals surface area (Å²) in [4.78, 5) is 19.1. The van der Waals surface area contributed by atoms with E-state index in [-0.39, 0.29) is 22.8 Å². The second-order valence-corrected chi connectivity index (χ2v) is 9.31. The zero-order chi connectivity index (χ0) is 26.1. The number of rotatable bonds is 6. The van der Waals surface area contributed by atoms with Gasteiger partial charge < -0.3 is 20.6 Å². The Labute approximate surface area is 207 Å². The van der Waals surface area contributed by atoms with E-state index in [1.165, 1.54) is 32.0 Å². The smallest absolute Gasteiger partial charge is 0.384 e. The lowest BCUT2D eigenvalue weighted by atomic mass is 10.0. The predicted molar refractivity (Wildman–Crippen MR) is 131 cm³/mol. The maximum Gasteiger partial charge on any atom is 0.396 e. The zero-order valence-corrected chi connectivity index (χ0v) is 20.3. The lowest BCUT2D eigenvalue weighted by Gasteiger charge is -2.29. The van der Waals surface area contributed by atoms with Gasteiger partial charge in [-0.2, -0.15) is 18.3 Å². The standard InChI is InChI=1S/C25H29F3N6O2/c1-16(25(26,27)28)19-5-4-6-20(30-19)23(35)31-21-15-34(32-22(21)24(2,3)36)18-9-7-17(8-10-18)33-13-11-29-12-14-33/h4-10,15-16,29,36H,11-14H2,1-3H3,(H,31,35). The molecule has 2 aromatic heterocycles. The number of aromatic nitrogens is 3. The van der Waals surface area contributed by atoms with Crippen LogP contribution in [-0.4, -0.2) is 58.1 Å². The van der Waals surface area contributed by atoms with E-state index >= 15 is 0 Å². The number of aliphatic hydroxyl groups is 1. The maximum absolute atomic E-state index is 13.1. The summed E-state index contributed by atoms with van der Waals surface area (Å²) in [6.07, 6.45) is -2.91. The summed E-state index contributed by atoms with van der Waals surface area (Å²) in [5.41, 5.74) is 0.434. The Morgan fingerprint density at radius 3 is 2.33 bits per heavy atom. The zero-order valence-electron chi connectivity index (χ0n) is 20.3. The third kappa shape index (κ3) is 5.68. The molecule has 1 fully saturated rings. The largest absolute Gasteiger partial charge is 0.396 e. The number of halogens is 3. The Morgan fingerprint density at radius 1 is 1.08 bits per heavy atom. The van der Waals surface area contributed by atoms with Gasteiger partial charge in [-0.25, -0.2) is 9.67 Å². The molecular formula is C25H29F3N6O2. The van der Waals surface area contributed by atoms with Crippen LogP contribution in [0.3, 0.4) is 0 Å². The summed E-state index contributed by atoms with van der Waals surface area (Å²) in [6, 6.07) is 11.7. The van der Waals surface area contributed by atoms with E-state index < -0.39 is 23.6 Å². The van der Waals surface area contributed by atoms with Gasteiger partial charge in [0.15, 0.2) is 0 Å². The van der Waals surface area contributed by atoms with Crippen LogP contribution < -0.4 is 15.5 Å². The molecule has 0 bridgehead atoms. The van der Waals surface area contributed by atoms with Crippen molar-refractivity contribution in [3.63, 3.8) is 0 Å². The quantitative estimate of drug-likeness (QED) is 0.475. The van der Waals surface area contributed by atoms with E-state index in [4.69, 9.17) is 0 Å². The van der Waals surface area contributed by atoms with Crippen molar-refractivity contribution in [1.82, 2.24) is 20.1 Å². The van der Waals surface area contributed by atoms with Crippen molar-refractivity contribution in [1.29, 1.82) is 0 Å². The van der Waals surface area contributed by atoms with Gasteiger partial charge in [0.05, 0.1) is 29.2 Å². The number of alkyl halides is 3. The number of carbonyl (C=O) groups is 1. The van der Waals surface area contributed by atoms with Crippen molar-refractivity contribution >= 4 is 17.3 Å². The molecule has 1 amide bonds. The number of hydrogen-bond acceptors (Lipinski definition) is 6. The summed E-state index contributed by atoms with van der Waals surface area (Å²) in [7, 11) is 0. The molecule has 0 saturated carbocycles. The topological polar surface area (TPSA) is 95.3 Å². The maximum atomic E-state index is 13.1.